The van der Waals surface area contributed by atoms with Crippen molar-refractivity contribution in [1.29, 1.82) is 0 Å². The highest BCUT2D eigenvalue weighted by molar-refractivity contribution is 5.95. The normalized spacial score (nSPS) is 10.6. The average Bonchev–Trinajstić information content (AvgIpc) is 4.20. The van der Waals surface area contributed by atoms with Crippen LogP contribution >= 0.6 is 0 Å². The van der Waals surface area contributed by atoms with Gasteiger partial charge in [0.15, 0.2) is 6.20 Å². The van der Waals surface area contributed by atoms with E-state index in [9.17, 15) is 9.59 Å². The van der Waals surface area contributed by atoms with E-state index in [1.807, 2.05) is 119 Å². The molecule has 64 heavy (non-hydrogen) atoms. The van der Waals surface area contributed by atoms with Gasteiger partial charge in [-0.1, -0.05) is 34.4 Å². The van der Waals surface area contributed by atoms with Gasteiger partial charge in [0.2, 0.25) is 0 Å². The fourth-order valence-corrected chi connectivity index (χ4v) is 6.84. The van der Waals surface area contributed by atoms with Crippen molar-refractivity contribution in [3.63, 3.8) is 0 Å². The summed E-state index contributed by atoms with van der Waals surface area (Å²) < 4.78 is 17.2. The second-order valence-corrected chi connectivity index (χ2v) is 14.7. The van der Waals surface area contributed by atoms with Crippen molar-refractivity contribution >= 4 is 11.8 Å². The van der Waals surface area contributed by atoms with E-state index >= 15 is 0 Å². The first-order chi connectivity index (χ1) is 31.5. The number of amides is 2. The van der Waals surface area contributed by atoms with Crippen LogP contribution in [0, 0.1) is 23.7 Å². The fraction of sp³-hybridized carbons (Fsp3) is 0.160. The van der Waals surface area contributed by atoms with Crippen LogP contribution in [0.2, 0.25) is 0 Å². The molecule has 14 heteroatoms. The number of nitrogens with zero attached hydrogens (tertiary/aromatic N) is 6. The maximum Gasteiger partial charge on any atom is 0.315 e. The van der Waals surface area contributed by atoms with Gasteiger partial charge in [-0.3, -0.25) is 19.8 Å². The van der Waals surface area contributed by atoms with Gasteiger partial charge in [0, 0.05) is 66.2 Å². The molecule has 4 aromatic carbocycles. The van der Waals surface area contributed by atoms with E-state index in [0.29, 0.717) is 46.8 Å². The number of benzene rings is 4. The van der Waals surface area contributed by atoms with E-state index in [1.165, 1.54) is 0 Å². The van der Waals surface area contributed by atoms with Gasteiger partial charge in [0.1, 0.15) is 17.2 Å². The molecule has 8 rings (SSSR count). The second kappa shape index (κ2) is 20.8. The molecule has 318 valence electrons. The molecule has 4 aromatic heterocycles. The van der Waals surface area contributed by atoms with Crippen molar-refractivity contribution in [3.8, 4) is 46.6 Å². The third kappa shape index (κ3) is 11.0. The molecule has 0 aliphatic heterocycles. The molecular formula is C50H45N10O4+. The lowest BCUT2D eigenvalue weighted by molar-refractivity contribution is -0.790. The van der Waals surface area contributed by atoms with Crippen LogP contribution in [0.1, 0.15) is 66.9 Å². The largest absolute Gasteiger partial charge is 0.497 e. The molecule has 0 bridgehead atoms. The zero-order valence-corrected chi connectivity index (χ0v) is 35.1. The molecule has 0 saturated heterocycles. The predicted octanol–water partition coefficient (Wildman–Crippen LogP) is 5.97. The number of ether oxygens (including phenoxy) is 2. The van der Waals surface area contributed by atoms with Crippen molar-refractivity contribution in [2.75, 3.05) is 20.2 Å². The van der Waals surface area contributed by atoms with E-state index in [-0.39, 0.29) is 18.5 Å². The van der Waals surface area contributed by atoms with Crippen LogP contribution in [0.25, 0.3) is 11.4 Å². The highest BCUT2D eigenvalue weighted by Gasteiger charge is 2.17. The van der Waals surface area contributed by atoms with Crippen LogP contribution in [0.3, 0.4) is 0 Å². The predicted molar refractivity (Wildman–Crippen MR) is 240 cm³/mol. The number of nitrogens with one attached hydrogen (secondary N) is 4. The first kappa shape index (κ1) is 42.1. The summed E-state index contributed by atoms with van der Waals surface area (Å²) in [5.74, 6) is 14.1. The van der Waals surface area contributed by atoms with E-state index in [2.05, 4.69) is 59.8 Å². The molecule has 0 radical (unpaired) electrons. The van der Waals surface area contributed by atoms with Crippen molar-refractivity contribution < 1.29 is 23.7 Å². The van der Waals surface area contributed by atoms with Gasteiger partial charge in [-0.2, -0.15) is 15.3 Å². The van der Waals surface area contributed by atoms with Gasteiger partial charge in [-0.15, -0.1) is 4.68 Å². The Kier molecular flexibility index (Phi) is 13.7. The Morgan fingerprint density at radius 2 is 1.34 bits per heavy atom. The van der Waals surface area contributed by atoms with Crippen LogP contribution in [0.5, 0.6) is 11.5 Å². The highest BCUT2D eigenvalue weighted by atomic mass is 16.5. The van der Waals surface area contributed by atoms with Crippen LogP contribution < -0.4 is 24.8 Å². The Hall–Kier alpha value is -8.62. The summed E-state index contributed by atoms with van der Waals surface area (Å²) >= 11 is 0. The SMILES string of the molecule is COc1cccc(C#Cc2cc(C(=O)NCCCc3cn[nH]c3)ccc2-n2ccc[n+]2COc2ccc(C#Cc3cc(C(=O)NCCCc4cn[nH]c4)ccc3-n3cccn3)cc2)c1. The second-order valence-electron chi connectivity index (χ2n) is 14.7. The molecule has 0 unspecified atom stereocenters. The maximum atomic E-state index is 13.3. The molecule has 14 nitrogen and oxygen atoms in total. The van der Waals surface area contributed by atoms with Gasteiger partial charge in [0.05, 0.1) is 42.5 Å². The van der Waals surface area contributed by atoms with Gasteiger partial charge >= 0.3 is 6.73 Å². The van der Waals surface area contributed by atoms with E-state index < -0.39 is 0 Å². The molecule has 2 amide bonds. The number of rotatable bonds is 16. The average molecular weight is 850 g/mol. The zero-order valence-electron chi connectivity index (χ0n) is 35.1. The van der Waals surface area contributed by atoms with Crippen molar-refractivity contribution in [2.45, 2.75) is 32.4 Å². The quantitative estimate of drug-likeness (QED) is 0.0530. The molecule has 8 aromatic rings. The van der Waals surface area contributed by atoms with Gasteiger partial charge in [-0.05, 0) is 122 Å². The lowest BCUT2D eigenvalue weighted by atomic mass is 10.1. The minimum atomic E-state index is -0.178. The monoisotopic (exact) mass is 849 g/mol. The lowest BCUT2D eigenvalue weighted by Gasteiger charge is -2.10. The molecule has 4 N–H and O–H groups in total. The summed E-state index contributed by atoms with van der Waals surface area (Å²) in [6.07, 6.45) is 17.9. The zero-order chi connectivity index (χ0) is 43.9. The maximum absolute atomic E-state index is 13.3. The number of carbonyl (C=O) groups excluding carboxylic acids is 2. The molecule has 4 heterocycles. The van der Waals surface area contributed by atoms with Crippen LogP contribution in [0.15, 0.2) is 147 Å². The summed E-state index contributed by atoms with van der Waals surface area (Å²) in [6.45, 7) is 1.24. The number of methoxy groups -OCH3 is 1. The molecule has 0 aliphatic carbocycles. The Bertz CT molecular complexity index is 2930. The number of hydrogen-bond acceptors (Lipinski definition) is 7. The Balaban J connectivity index is 0.954. The molecule has 0 atom stereocenters. The first-order valence-corrected chi connectivity index (χ1v) is 20.8. The summed E-state index contributed by atoms with van der Waals surface area (Å²) in [6, 6.07) is 29.8. The van der Waals surface area contributed by atoms with Crippen molar-refractivity contribution in [1.82, 2.24) is 45.5 Å². The van der Waals surface area contributed by atoms with E-state index in [4.69, 9.17) is 9.47 Å². The number of H-pyrrole nitrogens is 2. The Labute approximate surface area is 370 Å². The Morgan fingerprint density at radius 3 is 1.97 bits per heavy atom. The molecule has 0 aliphatic rings. The number of aryl methyl sites for hydroxylation is 2. The van der Waals surface area contributed by atoms with Crippen LogP contribution in [0.4, 0.5) is 0 Å². The summed E-state index contributed by atoms with van der Waals surface area (Å²) in [7, 11) is 1.62. The number of aromatic nitrogens is 8. The first-order valence-electron chi connectivity index (χ1n) is 20.8. The summed E-state index contributed by atoms with van der Waals surface area (Å²) in [5, 5.41) is 24.0. The third-order valence-corrected chi connectivity index (χ3v) is 10.2. The van der Waals surface area contributed by atoms with Gasteiger partial charge in [0.25, 0.3) is 11.8 Å². The topological polar surface area (TPSA) is 161 Å². The summed E-state index contributed by atoms with van der Waals surface area (Å²) in [4.78, 5) is 26.4. The molecule has 0 fully saturated rings. The lowest BCUT2D eigenvalue weighted by Crippen LogP contribution is -2.44. The van der Waals surface area contributed by atoms with E-state index in [0.717, 1.165) is 59.3 Å². The fourth-order valence-electron chi connectivity index (χ4n) is 6.84. The Morgan fingerprint density at radius 1 is 0.688 bits per heavy atom. The van der Waals surface area contributed by atoms with Crippen molar-refractivity contribution in [3.05, 3.63) is 191 Å². The number of aromatic amines is 2. The number of carbonyl (C=O) groups is 2. The minimum absolute atomic E-state index is 0.168. The molecule has 0 spiro atoms. The van der Waals surface area contributed by atoms with Crippen LogP contribution in [-0.4, -0.2) is 66.9 Å². The molecular weight excluding hydrogens is 805 g/mol. The smallest absolute Gasteiger partial charge is 0.315 e. The minimum Gasteiger partial charge on any atom is -0.497 e. The van der Waals surface area contributed by atoms with Gasteiger partial charge < -0.3 is 20.1 Å². The standard InChI is InChI=1S/C50H44N10O4/c1-63-46-10-2-7-38(29-46)12-16-42-31-44(50(62)52-24-4-9-40-34-55-56-35-40)18-22-48(42)60-28-6-26-58(60)36-64-45-19-13-37(14-20-45)11-15-41-30-43(17-21-47(41)59-27-5-25-57-59)49(61)51-23-3-8-39-32-53-54-33-39/h2,5-7,10,13-14,17-22,25-35H,3-4,8-9,23-24,36H2,1H3,(H3-,51,52,53,54,55,56,61,62)/p+1. The van der Waals surface area contributed by atoms with Crippen molar-refractivity contribution in [2.24, 2.45) is 0 Å². The van der Waals surface area contributed by atoms with Crippen LogP contribution in [-0.2, 0) is 19.6 Å². The number of hydrogen-bond donors (Lipinski definition) is 4. The molecule has 0 saturated carbocycles. The third-order valence-electron chi connectivity index (χ3n) is 10.2. The summed E-state index contributed by atoms with van der Waals surface area (Å²) in [5.41, 5.74) is 7.61. The van der Waals surface area contributed by atoms with E-state index in [1.54, 1.807) is 48.6 Å². The highest BCUT2D eigenvalue weighted by Crippen LogP contribution is 2.19. The van der Waals surface area contributed by atoms with Gasteiger partial charge in [-0.25, -0.2) is 4.68 Å².